The topological polar surface area (TPSA) is 67.9 Å². The summed E-state index contributed by atoms with van der Waals surface area (Å²) in [6.45, 7) is 2.65. The van der Waals surface area contributed by atoms with Gasteiger partial charge in [0.2, 0.25) is 5.91 Å². The number of piperidine rings is 1. The molecule has 0 aromatic heterocycles. The van der Waals surface area contributed by atoms with Crippen LogP contribution in [0.25, 0.3) is 0 Å². The lowest BCUT2D eigenvalue weighted by molar-refractivity contribution is -0.119. The quantitative estimate of drug-likeness (QED) is 0.827. The third-order valence-electron chi connectivity index (χ3n) is 5.02. The van der Waals surface area contributed by atoms with Crippen LogP contribution in [0.5, 0.6) is 11.5 Å². The van der Waals surface area contributed by atoms with Crippen molar-refractivity contribution in [2.24, 2.45) is 0 Å². The number of amides is 2. The van der Waals surface area contributed by atoms with Gasteiger partial charge in [-0.1, -0.05) is 6.07 Å². The highest BCUT2D eigenvalue weighted by atomic mass is 16.5. The Morgan fingerprint density at radius 3 is 2.39 bits per heavy atom. The van der Waals surface area contributed by atoms with E-state index in [-0.39, 0.29) is 17.9 Å². The van der Waals surface area contributed by atoms with Gasteiger partial charge in [0.25, 0.3) is 5.91 Å². The standard InChI is InChI=1S/C22H26N2O4/c1-15(17-9-12-19(27-2)20(14-17)28-3)23-22(26)16-7-10-18(11-8-16)24-13-5-4-6-21(24)25/h7-12,14-15H,4-6,13H2,1-3H3,(H,23,26). The molecule has 0 bridgehead atoms. The van der Waals surface area contributed by atoms with Crippen molar-refractivity contribution in [3.63, 3.8) is 0 Å². The van der Waals surface area contributed by atoms with Crippen LogP contribution in [0.3, 0.4) is 0 Å². The Bertz CT molecular complexity index is 848. The van der Waals surface area contributed by atoms with Gasteiger partial charge < -0.3 is 19.7 Å². The third kappa shape index (κ3) is 4.27. The summed E-state index contributed by atoms with van der Waals surface area (Å²) in [6.07, 6.45) is 2.55. The molecular formula is C22H26N2O4. The number of anilines is 1. The zero-order valence-electron chi connectivity index (χ0n) is 16.5. The van der Waals surface area contributed by atoms with Crippen molar-refractivity contribution in [1.82, 2.24) is 5.32 Å². The van der Waals surface area contributed by atoms with E-state index in [0.29, 0.717) is 23.5 Å². The monoisotopic (exact) mass is 382 g/mol. The number of rotatable bonds is 6. The Labute approximate surface area is 165 Å². The van der Waals surface area contributed by atoms with Gasteiger partial charge in [-0.3, -0.25) is 9.59 Å². The van der Waals surface area contributed by atoms with Crippen molar-refractivity contribution in [2.45, 2.75) is 32.2 Å². The number of hydrogen-bond acceptors (Lipinski definition) is 4. The summed E-state index contributed by atoms with van der Waals surface area (Å²) in [5.74, 6) is 1.24. The molecule has 6 heteroatoms. The van der Waals surface area contributed by atoms with E-state index in [9.17, 15) is 9.59 Å². The largest absolute Gasteiger partial charge is 0.493 e. The maximum atomic E-state index is 12.6. The maximum Gasteiger partial charge on any atom is 0.251 e. The van der Waals surface area contributed by atoms with Crippen LogP contribution in [0.2, 0.25) is 0 Å². The van der Waals surface area contributed by atoms with Gasteiger partial charge in [-0.2, -0.15) is 0 Å². The van der Waals surface area contributed by atoms with Crippen LogP contribution in [-0.4, -0.2) is 32.6 Å². The Morgan fingerprint density at radius 1 is 1.04 bits per heavy atom. The Balaban J connectivity index is 1.68. The molecule has 0 radical (unpaired) electrons. The summed E-state index contributed by atoms with van der Waals surface area (Å²) in [5.41, 5.74) is 2.32. The van der Waals surface area contributed by atoms with Crippen molar-refractivity contribution >= 4 is 17.5 Å². The Kier molecular flexibility index (Phi) is 6.19. The maximum absolute atomic E-state index is 12.6. The van der Waals surface area contributed by atoms with Gasteiger partial charge in [-0.05, 0) is 61.7 Å². The second-order valence-corrected chi connectivity index (χ2v) is 6.86. The molecule has 1 aliphatic heterocycles. The van der Waals surface area contributed by atoms with Crippen molar-refractivity contribution in [2.75, 3.05) is 25.7 Å². The molecule has 2 aromatic rings. The number of benzene rings is 2. The fourth-order valence-electron chi connectivity index (χ4n) is 3.36. The molecule has 0 aliphatic carbocycles. The summed E-state index contributed by atoms with van der Waals surface area (Å²) < 4.78 is 10.6. The molecule has 28 heavy (non-hydrogen) atoms. The summed E-state index contributed by atoms with van der Waals surface area (Å²) in [4.78, 5) is 26.4. The molecule has 148 valence electrons. The van der Waals surface area contributed by atoms with Crippen molar-refractivity contribution < 1.29 is 19.1 Å². The molecule has 1 saturated heterocycles. The smallest absolute Gasteiger partial charge is 0.251 e. The molecule has 6 nitrogen and oxygen atoms in total. The zero-order valence-corrected chi connectivity index (χ0v) is 16.5. The van der Waals surface area contributed by atoms with Gasteiger partial charge in [0, 0.05) is 24.2 Å². The summed E-state index contributed by atoms with van der Waals surface area (Å²) in [6, 6.07) is 12.6. The first-order valence-electron chi connectivity index (χ1n) is 9.46. The molecule has 1 atom stereocenters. The van der Waals surface area contributed by atoms with Crippen LogP contribution in [0.4, 0.5) is 5.69 Å². The van der Waals surface area contributed by atoms with E-state index in [4.69, 9.17) is 9.47 Å². The van der Waals surface area contributed by atoms with E-state index >= 15 is 0 Å². The molecule has 2 amide bonds. The Morgan fingerprint density at radius 2 is 1.75 bits per heavy atom. The highest BCUT2D eigenvalue weighted by molar-refractivity contribution is 5.97. The highest BCUT2D eigenvalue weighted by Crippen LogP contribution is 2.30. The van der Waals surface area contributed by atoms with Gasteiger partial charge in [0.1, 0.15) is 0 Å². The summed E-state index contributed by atoms with van der Waals surface area (Å²) in [5, 5.41) is 2.99. The molecule has 1 aliphatic rings. The second kappa shape index (κ2) is 8.78. The lowest BCUT2D eigenvalue weighted by Crippen LogP contribution is -2.35. The van der Waals surface area contributed by atoms with Crippen LogP contribution < -0.4 is 19.7 Å². The number of ether oxygens (including phenoxy) is 2. The number of hydrogen-bond donors (Lipinski definition) is 1. The SMILES string of the molecule is COc1ccc(C(C)NC(=O)c2ccc(N3CCCCC3=O)cc2)cc1OC. The fourth-order valence-corrected chi connectivity index (χ4v) is 3.36. The summed E-state index contributed by atoms with van der Waals surface area (Å²) >= 11 is 0. The van der Waals surface area contributed by atoms with E-state index in [1.165, 1.54) is 0 Å². The molecule has 1 heterocycles. The lowest BCUT2D eigenvalue weighted by atomic mass is 10.1. The van der Waals surface area contributed by atoms with Gasteiger partial charge in [-0.15, -0.1) is 0 Å². The van der Waals surface area contributed by atoms with E-state index < -0.39 is 0 Å². The van der Waals surface area contributed by atoms with Crippen molar-refractivity contribution in [3.8, 4) is 11.5 Å². The molecule has 2 aromatic carbocycles. The molecule has 0 spiro atoms. The van der Waals surface area contributed by atoms with Crippen molar-refractivity contribution in [1.29, 1.82) is 0 Å². The molecule has 1 unspecified atom stereocenters. The second-order valence-electron chi connectivity index (χ2n) is 6.86. The van der Waals surface area contributed by atoms with E-state index in [2.05, 4.69) is 5.32 Å². The first-order valence-corrected chi connectivity index (χ1v) is 9.46. The molecule has 0 saturated carbocycles. The van der Waals surface area contributed by atoms with E-state index in [1.54, 1.807) is 31.3 Å². The van der Waals surface area contributed by atoms with Gasteiger partial charge in [0.15, 0.2) is 11.5 Å². The fraction of sp³-hybridized carbons (Fsp3) is 0.364. The molecular weight excluding hydrogens is 356 g/mol. The minimum absolute atomic E-state index is 0.144. The lowest BCUT2D eigenvalue weighted by Gasteiger charge is -2.26. The average molecular weight is 382 g/mol. The number of nitrogens with one attached hydrogen (secondary N) is 1. The summed E-state index contributed by atoms with van der Waals surface area (Å²) in [7, 11) is 3.17. The highest BCUT2D eigenvalue weighted by Gasteiger charge is 2.20. The third-order valence-corrected chi connectivity index (χ3v) is 5.02. The molecule has 1 fully saturated rings. The predicted molar refractivity (Wildman–Crippen MR) is 108 cm³/mol. The van der Waals surface area contributed by atoms with Gasteiger partial charge in [-0.25, -0.2) is 0 Å². The van der Waals surface area contributed by atoms with E-state index in [0.717, 1.165) is 30.6 Å². The van der Waals surface area contributed by atoms with Gasteiger partial charge in [0.05, 0.1) is 20.3 Å². The molecule has 3 rings (SSSR count). The first-order chi connectivity index (χ1) is 13.5. The van der Waals surface area contributed by atoms with Crippen LogP contribution >= 0.6 is 0 Å². The zero-order chi connectivity index (χ0) is 20.1. The first kappa shape index (κ1) is 19.7. The number of methoxy groups -OCH3 is 2. The number of nitrogens with zero attached hydrogens (tertiary/aromatic N) is 1. The minimum Gasteiger partial charge on any atom is -0.493 e. The molecule has 1 N–H and O–H groups in total. The minimum atomic E-state index is -0.198. The van der Waals surface area contributed by atoms with E-state index in [1.807, 2.05) is 37.3 Å². The van der Waals surface area contributed by atoms with Crippen LogP contribution in [0.1, 0.15) is 48.1 Å². The van der Waals surface area contributed by atoms with Gasteiger partial charge >= 0.3 is 0 Å². The van der Waals surface area contributed by atoms with Crippen LogP contribution in [-0.2, 0) is 4.79 Å². The predicted octanol–water partition coefficient (Wildman–Crippen LogP) is 3.71. The number of carbonyl (C=O) groups excluding carboxylic acids is 2. The number of carbonyl (C=O) groups is 2. The van der Waals surface area contributed by atoms with Crippen LogP contribution in [0, 0.1) is 0 Å². The Hall–Kier alpha value is -3.02. The van der Waals surface area contributed by atoms with Crippen molar-refractivity contribution in [3.05, 3.63) is 53.6 Å². The van der Waals surface area contributed by atoms with Crippen LogP contribution in [0.15, 0.2) is 42.5 Å². The normalized spacial score (nSPS) is 15.1. The average Bonchev–Trinajstić information content (AvgIpc) is 2.73.